The van der Waals surface area contributed by atoms with Crippen molar-refractivity contribution in [2.45, 2.75) is 0 Å². The largest absolute Gasteiger partial charge is 0.465 e. The van der Waals surface area contributed by atoms with Gasteiger partial charge >= 0.3 is 35.1 Å². The Balaban J connectivity index is 1.96. The summed E-state index contributed by atoms with van der Waals surface area (Å²) in [4.78, 5) is 88.0. The minimum absolute atomic E-state index is 0.0781. The highest BCUT2D eigenvalue weighted by atomic mass is 16.5. The summed E-state index contributed by atoms with van der Waals surface area (Å²) in [5, 5.41) is -0.156. The summed E-state index contributed by atoms with van der Waals surface area (Å²) < 4.78 is 29.2. The Bertz CT molecular complexity index is 1740. The molecule has 0 amide bonds. The minimum Gasteiger partial charge on any atom is -0.465 e. The lowest BCUT2D eigenvalue weighted by Gasteiger charge is -2.10. The molecule has 0 saturated carbocycles. The first-order valence-corrected chi connectivity index (χ1v) is 11.2. The summed E-state index contributed by atoms with van der Waals surface area (Å²) >= 11 is 0. The number of esters is 4. The molecule has 2 aromatic carbocycles. The van der Waals surface area contributed by atoms with E-state index < -0.39 is 52.0 Å². The fourth-order valence-corrected chi connectivity index (χ4v) is 3.93. The van der Waals surface area contributed by atoms with E-state index in [1.165, 1.54) is 0 Å². The van der Waals surface area contributed by atoms with Gasteiger partial charge < -0.3 is 27.8 Å². The van der Waals surface area contributed by atoms with Crippen molar-refractivity contribution in [2.75, 3.05) is 28.4 Å². The molecule has 13 nitrogen and oxygen atoms in total. The molecular formula is C27H18O13. The standard InChI is InChI=1S/C27H18O13/c1-35-22(29)11-5-15(24(31)37-3)13-9-17(26(33)39-19(13)7-11)21(28)18-10-14-16(25(32)38-4)6-12(23(30)36-2)8-20(14)40-27(18)34/h5-10H,1-4H3. The van der Waals surface area contributed by atoms with Gasteiger partial charge in [0.15, 0.2) is 0 Å². The van der Waals surface area contributed by atoms with Crippen molar-refractivity contribution in [3.05, 3.63) is 90.6 Å². The maximum absolute atomic E-state index is 13.4. The van der Waals surface area contributed by atoms with Crippen LogP contribution < -0.4 is 11.3 Å². The Hall–Kier alpha value is -5.59. The molecule has 0 radical (unpaired) electrons. The second-order valence-corrected chi connectivity index (χ2v) is 8.06. The zero-order valence-electron chi connectivity index (χ0n) is 21.3. The molecule has 2 heterocycles. The Morgan fingerprint density at radius 2 is 0.850 bits per heavy atom. The molecule has 0 aliphatic carbocycles. The number of rotatable bonds is 6. The molecule has 0 fully saturated rings. The van der Waals surface area contributed by atoms with E-state index >= 15 is 0 Å². The SMILES string of the molecule is COC(=O)c1cc(C(=O)OC)c2cc(C(=O)c3cc4c(C(=O)OC)cc(C(=O)OC)cc4oc3=O)c(=O)oc2c1. The van der Waals surface area contributed by atoms with Crippen molar-refractivity contribution in [2.24, 2.45) is 0 Å². The number of benzene rings is 2. The third-order valence-corrected chi connectivity index (χ3v) is 5.85. The van der Waals surface area contributed by atoms with Crippen LogP contribution in [0.2, 0.25) is 0 Å². The molecule has 0 spiro atoms. The van der Waals surface area contributed by atoms with Crippen LogP contribution >= 0.6 is 0 Å². The predicted molar refractivity (Wildman–Crippen MR) is 134 cm³/mol. The van der Waals surface area contributed by atoms with Gasteiger partial charge in [-0.25, -0.2) is 28.8 Å². The summed E-state index contributed by atoms with van der Waals surface area (Å²) in [6.07, 6.45) is 0. The van der Waals surface area contributed by atoms with Gasteiger partial charge in [-0.15, -0.1) is 0 Å². The fraction of sp³-hybridized carbons (Fsp3) is 0.148. The zero-order chi connectivity index (χ0) is 29.3. The van der Waals surface area contributed by atoms with Crippen molar-refractivity contribution in [1.29, 1.82) is 0 Å². The van der Waals surface area contributed by atoms with Crippen LogP contribution in [0.4, 0.5) is 0 Å². The molecule has 13 heteroatoms. The van der Waals surface area contributed by atoms with E-state index in [-0.39, 0.29) is 44.2 Å². The molecule has 0 aliphatic rings. The summed E-state index contributed by atoms with van der Waals surface area (Å²) in [6, 6.07) is 6.52. The van der Waals surface area contributed by atoms with Crippen LogP contribution in [-0.2, 0) is 18.9 Å². The number of hydrogen-bond acceptors (Lipinski definition) is 13. The predicted octanol–water partition coefficient (Wildman–Crippen LogP) is 2.28. The zero-order valence-corrected chi connectivity index (χ0v) is 21.3. The van der Waals surface area contributed by atoms with E-state index in [9.17, 15) is 33.6 Å². The van der Waals surface area contributed by atoms with Gasteiger partial charge in [-0.3, -0.25) is 4.79 Å². The molecule has 0 aliphatic heterocycles. The number of methoxy groups -OCH3 is 4. The van der Waals surface area contributed by atoms with E-state index in [1.54, 1.807) is 0 Å². The van der Waals surface area contributed by atoms with Crippen molar-refractivity contribution >= 4 is 51.6 Å². The monoisotopic (exact) mass is 550 g/mol. The molecule has 0 bridgehead atoms. The molecule has 4 rings (SSSR count). The Morgan fingerprint density at radius 1 is 0.500 bits per heavy atom. The van der Waals surface area contributed by atoms with Gasteiger partial charge in [-0.05, 0) is 36.4 Å². The lowest BCUT2D eigenvalue weighted by molar-refractivity contribution is 0.0583. The summed E-state index contributed by atoms with van der Waals surface area (Å²) in [6.45, 7) is 0. The maximum Gasteiger partial charge on any atom is 0.347 e. The summed E-state index contributed by atoms with van der Waals surface area (Å²) in [7, 11) is 4.38. The average molecular weight is 550 g/mol. The van der Waals surface area contributed by atoms with Crippen molar-refractivity contribution < 1.29 is 51.8 Å². The van der Waals surface area contributed by atoms with Gasteiger partial charge in [-0.1, -0.05) is 0 Å². The first-order valence-electron chi connectivity index (χ1n) is 11.2. The van der Waals surface area contributed by atoms with E-state index in [4.69, 9.17) is 18.3 Å². The first-order chi connectivity index (χ1) is 19.0. The normalized spacial score (nSPS) is 10.7. The molecule has 40 heavy (non-hydrogen) atoms. The maximum atomic E-state index is 13.4. The van der Waals surface area contributed by atoms with E-state index in [1.807, 2.05) is 0 Å². The van der Waals surface area contributed by atoms with Crippen LogP contribution in [0.5, 0.6) is 0 Å². The van der Waals surface area contributed by atoms with Crippen molar-refractivity contribution in [3.63, 3.8) is 0 Å². The fourth-order valence-electron chi connectivity index (χ4n) is 3.93. The average Bonchev–Trinajstić information content (AvgIpc) is 2.96. The second kappa shape index (κ2) is 10.6. The molecular weight excluding hydrogens is 532 g/mol. The molecule has 0 saturated heterocycles. The lowest BCUT2D eigenvalue weighted by Crippen LogP contribution is -2.21. The number of ether oxygens (including phenoxy) is 4. The molecule has 4 aromatic rings. The van der Waals surface area contributed by atoms with E-state index in [0.717, 1.165) is 64.8 Å². The Kier molecular flexibility index (Phi) is 7.31. The summed E-state index contributed by atoms with van der Waals surface area (Å²) in [5.41, 5.74) is -4.93. The number of carbonyl (C=O) groups is 5. The smallest absolute Gasteiger partial charge is 0.347 e. The highest BCUT2D eigenvalue weighted by Crippen LogP contribution is 2.26. The van der Waals surface area contributed by atoms with Gasteiger partial charge in [0.05, 0.1) is 50.7 Å². The van der Waals surface area contributed by atoms with Crippen molar-refractivity contribution in [1.82, 2.24) is 0 Å². The third-order valence-electron chi connectivity index (χ3n) is 5.85. The Labute approximate surface area is 222 Å². The second-order valence-electron chi connectivity index (χ2n) is 8.06. The van der Waals surface area contributed by atoms with Crippen LogP contribution in [0.25, 0.3) is 21.9 Å². The number of carbonyl (C=O) groups excluding carboxylic acids is 5. The topological polar surface area (TPSA) is 183 Å². The van der Waals surface area contributed by atoms with Crippen molar-refractivity contribution in [3.8, 4) is 0 Å². The van der Waals surface area contributed by atoms with Crippen LogP contribution in [-0.4, -0.2) is 58.1 Å². The van der Waals surface area contributed by atoms with Crippen LogP contribution in [0, 0.1) is 0 Å². The third kappa shape index (κ3) is 4.71. The van der Waals surface area contributed by atoms with Gasteiger partial charge in [-0.2, -0.15) is 0 Å². The van der Waals surface area contributed by atoms with Crippen LogP contribution in [0.3, 0.4) is 0 Å². The highest BCUT2D eigenvalue weighted by molar-refractivity contribution is 6.14. The van der Waals surface area contributed by atoms with Gasteiger partial charge in [0, 0.05) is 10.8 Å². The van der Waals surface area contributed by atoms with Gasteiger partial charge in [0.2, 0.25) is 5.78 Å². The van der Waals surface area contributed by atoms with E-state index in [0.29, 0.717) is 0 Å². The number of fused-ring (bicyclic) bond motifs is 2. The quantitative estimate of drug-likeness (QED) is 0.148. The molecule has 2 aromatic heterocycles. The molecule has 0 unspecified atom stereocenters. The molecule has 0 atom stereocenters. The lowest BCUT2D eigenvalue weighted by atomic mass is 9.99. The minimum atomic E-state index is -1.20. The Morgan fingerprint density at radius 3 is 1.18 bits per heavy atom. The van der Waals surface area contributed by atoms with Crippen LogP contribution in [0.15, 0.2) is 54.8 Å². The molecule has 204 valence electrons. The van der Waals surface area contributed by atoms with E-state index in [2.05, 4.69) is 9.47 Å². The van der Waals surface area contributed by atoms with Gasteiger partial charge in [0.1, 0.15) is 22.3 Å². The summed E-state index contributed by atoms with van der Waals surface area (Å²) in [5.74, 6) is -4.66. The number of ketones is 1. The van der Waals surface area contributed by atoms with Crippen LogP contribution in [0.1, 0.15) is 57.4 Å². The van der Waals surface area contributed by atoms with Gasteiger partial charge in [0.25, 0.3) is 0 Å². The molecule has 0 N–H and O–H groups in total. The highest BCUT2D eigenvalue weighted by Gasteiger charge is 2.26. The first kappa shape index (κ1) is 27.4. The number of hydrogen-bond donors (Lipinski definition) is 0.